The number of H-pyrrole nitrogens is 1. The topological polar surface area (TPSA) is 82.3 Å². The Morgan fingerprint density at radius 1 is 1.17 bits per heavy atom. The Kier molecular flexibility index (Phi) is 3.75. The van der Waals surface area contributed by atoms with Gasteiger partial charge in [0, 0.05) is 17.0 Å². The lowest BCUT2D eigenvalue weighted by molar-refractivity contribution is -0.130. The fourth-order valence-corrected chi connectivity index (χ4v) is 3.05. The standard InChI is InChI=1S/C18H19N3O3/c1-11-9-14(12(2)19-11)15(22)10-21-16(23)18(3,20-17(21)24)13-7-5-4-6-8-13/h4-9,19H,10H2,1-3H3,(H,20,24). The molecule has 1 aromatic heterocycles. The second kappa shape index (κ2) is 5.63. The first-order chi connectivity index (χ1) is 11.3. The maximum absolute atomic E-state index is 12.8. The molecule has 1 saturated heterocycles. The van der Waals surface area contributed by atoms with E-state index in [9.17, 15) is 14.4 Å². The summed E-state index contributed by atoms with van der Waals surface area (Å²) in [6, 6.07) is 10.2. The van der Waals surface area contributed by atoms with Gasteiger partial charge in [0.05, 0.1) is 6.54 Å². The molecule has 3 rings (SSSR count). The zero-order chi connectivity index (χ0) is 17.5. The van der Waals surface area contributed by atoms with Crippen LogP contribution in [0.25, 0.3) is 0 Å². The van der Waals surface area contributed by atoms with E-state index in [1.165, 1.54) is 0 Å². The van der Waals surface area contributed by atoms with E-state index < -0.39 is 17.5 Å². The molecule has 2 heterocycles. The van der Waals surface area contributed by atoms with E-state index >= 15 is 0 Å². The van der Waals surface area contributed by atoms with Crippen molar-refractivity contribution in [3.8, 4) is 0 Å². The van der Waals surface area contributed by atoms with E-state index in [0.717, 1.165) is 16.3 Å². The normalized spacial score (nSPS) is 20.4. The monoisotopic (exact) mass is 325 g/mol. The highest BCUT2D eigenvalue weighted by molar-refractivity contribution is 6.11. The minimum absolute atomic E-state index is 0.266. The van der Waals surface area contributed by atoms with Crippen molar-refractivity contribution in [2.24, 2.45) is 0 Å². The highest BCUT2D eigenvalue weighted by Gasteiger charge is 2.49. The molecule has 1 aliphatic heterocycles. The maximum Gasteiger partial charge on any atom is 0.325 e. The third kappa shape index (κ3) is 2.50. The minimum Gasteiger partial charge on any atom is -0.362 e. The highest BCUT2D eigenvalue weighted by Crippen LogP contribution is 2.28. The quantitative estimate of drug-likeness (QED) is 0.668. The van der Waals surface area contributed by atoms with Gasteiger partial charge in [0.15, 0.2) is 5.78 Å². The van der Waals surface area contributed by atoms with Gasteiger partial charge < -0.3 is 10.3 Å². The van der Waals surface area contributed by atoms with Gasteiger partial charge in [0.2, 0.25) is 0 Å². The smallest absolute Gasteiger partial charge is 0.325 e. The first-order valence-corrected chi connectivity index (χ1v) is 7.72. The fraction of sp³-hybridized carbons (Fsp3) is 0.278. The molecule has 1 atom stereocenters. The van der Waals surface area contributed by atoms with E-state index in [1.54, 1.807) is 44.2 Å². The Morgan fingerprint density at radius 2 is 1.83 bits per heavy atom. The van der Waals surface area contributed by atoms with Crippen molar-refractivity contribution in [2.75, 3.05) is 6.54 Å². The SMILES string of the molecule is Cc1cc(C(=O)CN2C(=O)NC(C)(c3ccccc3)C2=O)c(C)[nH]1. The number of ketones is 1. The van der Waals surface area contributed by atoms with Gasteiger partial charge in [0.25, 0.3) is 5.91 Å². The number of aromatic amines is 1. The van der Waals surface area contributed by atoms with Crippen LogP contribution in [0.5, 0.6) is 0 Å². The molecule has 3 amide bonds. The maximum atomic E-state index is 12.8. The second-order valence-corrected chi connectivity index (χ2v) is 6.23. The Hall–Kier alpha value is -2.89. The molecule has 0 saturated carbocycles. The summed E-state index contributed by atoms with van der Waals surface area (Å²) < 4.78 is 0. The first kappa shape index (κ1) is 16.0. The number of nitrogens with one attached hydrogen (secondary N) is 2. The van der Waals surface area contributed by atoms with Crippen molar-refractivity contribution < 1.29 is 14.4 Å². The lowest BCUT2D eigenvalue weighted by Crippen LogP contribution is -2.41. The molecule has 2 aromatic rings. The van der Waals surface area contributed by atoms with Gasteiger partial charge in [-0.15, -0.1) is 0 Å². The third-order valence-corrected chi connectivity index (χ3v) is 4.38. The van der Waals surface area contributed by atoms with Gasteiger partial charge in [-0.05, 0) is 32.4 Å². The van der Waals surface area contributed by atoms with Gasteiger partial charge in [-0.25, -0.2) is 4.79 Å². The summed E-state index contributed by atoms with van der Waals surface area (Å²) in [7, 11) is 0. The Balaban J connectivity index is 1.85. The number of urea groups is 1. The molecule has 1 aliphatic rings. The van der Waals surface area contributed by atoms with Crippen LogP contribution in [0.3, 0.4) is 0 Å². The van der Waals surface area contributed by atoms with Crippen LogP contribution in [0.1, 0.15) is 34.2 Å². The van der Waals surface area contributed by atoms with Crippen LogP contribution in [0.15, 0.2) is 36.4 Å². The van der Waals surface area contributed by atoms with Gasteiger partial charge in [-0.3, -0.25) is 14.5 Å². The van der Waals surface area contributed by atoms with Crippen LogP contribution < -0.4 is 5.32 Å². The number of nitrogens with zero attached hydrogens (tertiary/aromatic N) is 1. The number of imide groups is 1. The zero-order valence-corrected chi connectivity index (χ0v) is 13.8. The summed E-state index contributed by atoms with van der Waals surface area (Å²) in [6.45, 7) is 5.02. The molecule has 6 nitrogen and oxygen atoms in total. The lowest BCUT2D eigenvalue weighted by Gasteiger charge is -2.22. The van der Waals surface area contributed by atoms with Gasteiger partial charge >= 0.3 is 6.03 Å². The molecular formula is C18H19N3O3. The average molecular weight is 325 g/mol. The number of benzene rings is 1. The summed E-state index contributed by atoms with van der Waals surface area (Å²) in [5, 5.41) is 2.70. The van der Waals surface area contributed by atoms with Crippen molar-refractivity contribution in [1.29, 1.82) is 0 Å². The molecule has 124 valence electrons. The van der Waals surface area contributed by atoms with E-state index in [4.69, 9.17) is 0 Å². The van der Waals surface area contributed by atoms with Crippen molar-refractivity contribution >= 4 is 17.7 Å². The van der Waals surface area contributed by atoms with Crippen LogP contribution in [0, 0.1) is 13.8 Å². The van der Waals surface area contributed by atoms with E-state index in [0.29, 0.717) is 11.1 Å². The van der Waals surface area contributed by atoms with Crippen molar-refractivity contribution in [3.05, 3.63) is 58.9 Å². The summed E-state index contributed by atoms with van der Waals surface area (Å²) >= 11 is 0. The Labute approximate surface area is 139 Å². The largest absolute Gasteiger partial charge is 0.362 e. The highest BCUT2D eigenvalue weighted by atomic mass is 16.2. The lowest BCUT2D eigenvalue weighted by atomic mass is 9.92. The number of amides is 3. The van der Waals surface area contributed by atoms with Crippen molar-refractivity contribution in [1.82, 2.24) is 15.2 Å². The fourth-order valence-electron chi connectivity index (χ4n) is 3.05. The number of hydrogen-bond donors (Lipinski definition) is 2. The van der Waals surface area contributed by atoms with Gasteiger partial charge in [-0.2, -0.15) is 0 Å². The number of Topliss-reactive ketones (excluding diaryl/α,β-unsaturated/α-hetero) is 1. The number of carbonyl (C=O) groups is 3. The molecule has 0 bridgehead atoms. The third-order valence-electron chi connectivity index (χ3n) is 4.38. The van der Waals surface area contributed by atoms with Crippen molar-refractivity contribution in [3.63, 3.8) is 0 Å². The number of hydrogen-bond acceptors (Lipinski definition) is 3. The number of aromatic nitrogens is 1. The predicted octanol–water partition coefficient (Wildman–Crippen LogP) is 2.28. The second-order valence-electron chi connectivity index (χ2n) is 6.23. The predicted molar refractivity (Wildman–Crippen MR) is 88.6 cm³/mol. The zero-order valence-electron chi connectivity index (χ0n) is 13.8. The summed E-state index contributed by atoms with van der Waals surface area (Å²) in [5.41, 5.74) is 1.63. The molecule has 24 heavy (non-hydrogen) atoms. The minimum atomic E-state index is -1.15. The molecule has 1 aromatic carbocycles. The molecule has 0 spiro atoms. The Morgan fingerprint density at radius 3 is 2.42 bits per heavy atom. The van der Waals surface area contributed by atoms with Gasteiger partial charge in [-0.1, -0.05) is 30.3 Å². The van der Waals surface area contributed by atoms with Crippen molar-refractivity contribution in [2.45, 2.75) is 26.3 Å². The van der Waals surface area contributed by atoms with E-state index in [2.05, 4.69) is 10.3 Å². The first-order valence-electron chi connectivity index (χ1n) is 7.72. The molecular weight excluding hydrogens is 306 g/mol. The Bertz CT molecular complexity index is 825. The van der Waals surface area contributed by atoms with Crippen LogP contribution in [-0.2, 0) is 10.3 Å². The molecule has 1 fully saturated rings. The molecule has 6 heteroatoms. The van der Waals surface area contributed by atoms with Crippen LogP contribution >= 0.6 is 0 Å². The number of aryl methyl sites for hydroxylation is 2. The summed E-state index contributed by atoms with van der Waals surface area (Å²) in [4.78, 5) is 41.6. The number of carbonyl (C=O) groups excluding carboxylic acids is 3. The molecule has 0 radical (unpaired) electrons. The molecule has 0 aliphatic carbocycles. The van der Waals surface area contributed by atoms with Crippen LogP contribution in [0.4, 0.5) is 4.79 Å². The van der Waals surface area contributed by atoms with E-state index in [1.807, 2.05) is 13.0 Å². The summed E-state index contributed by atoms with van der Waals surface area (Å²) in [5.74, 6) is -0.686. The van der Waals surface area contributed by atoms with Gasteiger partial charge in [0.1, 0.15) is 5.54 Å². The molecule has 1 unspecified atom stereocenters. The van der Waals surface area contributed by atoms with Crippen LogP contribution in [-0.4, -0.2) is 34.2 Å². The van der Waals surface area contributed by atoms with E-state index in [-0.39, 0.29) is 12.3 Å². The number of rotatable bonds is 4. The summed E-state index contributed by atoms with van der Waals surface area (Å²) in [6.07, 6.45) is 0. The van der Waals surface area contributed by atoms with Crippen LogP contribution in [0.2, 0.25) is 0 Å². The molecule has 2 N–H and O–H groups in total. The average Bonchev–Trinajstić information content (AvgIpc) is 3.00.